The molecule has 0 aliphatic carbocycles. The van der Waals surface area contributed by atoms with Gasteiger partial charge in [-0.3, -0.25) is 9.48 Å². The van der Waals surface area contributed by atoms with Crippen molar-refractivity contribution in [3.05, 3.63) is 52.9 Å². The number of carbonyl (C=O) groups is 2. The number of hydrogen-bond donors (Lipinski definition) is 1. The first-order chi connectivity index (χ1) is 12.2. The monoisotopic (exact) mass is 363 g/mol. The van der Waals surface area contributed by atoms with Crippen molar-refractivity contribution < 1.29 is 23.1 Å². The van der Waals surface area contributed by atoms with Gasteiger partial charge in [-0.2, -0.15) is 5.10 Å². The smallest absolute Gasteiger partial charge is 0.331 e. The lowest BCUT2D eigenvalue weighted by molar-refractivity contribution is -0.148. The first kappa shape index (κ1) is 19.3. The van der Waals surface area contributed by atoms with E-state index in [1.54, 1.807) is 17.8 Å². The van der Waals surface area contributed by atoms with Crippen molar-refractivity contribution in [2.45, 2.75) is 26.9 Å². The summed E-state index contributed by atoms with van der Waals surface area (Å²) in [5.41, 5.74) is 2.51. The van der Waals surface area contributed by atoms with Crippen LogP contribution in [0.15, 0.2) is 24.3 Å². The molecule has 0 saturated heterocycles. The first-order valence-electron chi connectivity index (χ1n) is 7.84. The van der Waals surface area contributed by atoms with E-state index in [0.29, 0.717) is 0 Å². The maximum absolute atomic E-state index is 13.1. The molecule has 138 valence electrons. The average molecular weight is 363 g/mol. The van der Waals surface area contributed by atoms with Crippen molar-refractivity contribution in [1.82, 2.24) is 9.78 Å². The molecule has 1 amide bonds. The molecule has 1 aromatic heterocycles. The minimum Gasteiger partial charge on any atom is -0.449 e. The highest BCUT2D eigenvalue weighted by molar-refractivity contribution is 5.96. The standard InChI is InChI=1S/C18H19F2N3O3/c1-10-14(11(2)23(4)22-10)6-8-17(24)26-12(3)18(25)21-13-5-7-15(19)16(20)9-13/h5-9,12H,1-4H3,(H,21,25)/b8-6+/t12-/m1/s1. The summed E-state index contributed by atoms with van der Waals surface area (Å²) in [6.07, 6.45) is 1.66. The Morgan fingerprint density at radius 1 is 1.27 bits per heavy atom. The Morgan fingerprint density at radius 3 is 2.54 bits per heavy atom. The van der Waals surface area contributed by atoms with Crippen molar-refractivity contribution in [2.24, 2.45) is 7.05 Å². The minimum atomic E-state index is -1.11. The lowest BCUT2D eigenvalue weighted by Crippen LogP contribution is -2.29. The van der Waals surface area contributed by atoms with Crippen molar-refractivity contribution in [3.63, 3.8) is 0 Å². The van der Waals surface area contributed by atoms with Crippen LogP contribution in [-0.2, 0) is 21.4 Å². The van der Waals surface area contributed by atoms with Gasteiger partial charge in [-0.05, 0) is 39.0 Å². The van der Waals surface area contributed by atoms with Crippen molar-refractivity contribution >= 4 is 23.6 Å². The van der Waals surface area contributed by atoms with Gasteiger partial charge in [-0.1, -0.05) is 0 Å². The lowest BCUT2D eigenvalue weighted by atomic mass is 10.2. The predicted octanol–water partition coefficient (Wildman–Crippen LogP) is 2.90. The third kappa shape index (κ3) is 4.53. The molecule has 0 unspecified atom stereocenters. The van der Waals surface area contributed by atoms with E-state index in [9.17, 15) is 18.4 Å². The van der Waals surface area contributed by atoms with E-state index in [4.69, 9.17) is 4.74 Å². The van der Waals surface area contributed by atoms with E-state index in [1.807, 2.05) is 13.8 Å². The summed E-state index contributed by atoms with van der Waals surface area (Å²) in [6.45, 7) is 5.06. The Labute approximate surface area is 149 Å². The molecule has 8 heteroatoms. The van der Waals surface area contributed by atoms with E-state index in [2.05, 4.69) is 10.4 Å². The van der Waals surface area contributed by atoms with E-state index in [1.165, 1.54) is 19.1 Å². The number of ether oxygens (including phenoxy) is 1. The molecule has 1 heterocycles. The number of amides is 1. The molecule has 1 atom stereocenters. The number of halogens is 2. The highest BCUT2D eigenvalue weighted by Crippen LogP contribution is 2.15. The number of esters is 1. The summed E-state index contributed by atoms with van der Waals surface area (Å²) in [7, 11) is 1.79. The summed E-state index contributed by atoms with van der Waals surface area (Å²) in [5, 5.41) is 6.58. The van der Waals surface area contributed by atoms with E-state index in [-0.39, 0.29) is 5.69 Å². The van der Waals surface area contributed by atoms with Crippen LogP contribution in [0.5, 0.6) is 0 Å². The van der Waals surface area contributed by atoms with Gasteiger partial charge in [0, 0.05) is 36.1 Å². The molecule has 6 nitrogen and oxygen atoms in total. The molecular formula is C18H19F2N3O3. The molecule has 1 N–H and O–H groups in total. The van der Waals surface area contributed by atoms with Gasteiger partial charge in [-0.25, -0.2) is 13.6 Å². The number of benzene rings is 1. The highest BCUT2D eigenvalue weighted by Gasteiger charge is 2.17. The zero-order valence-electron chi connectivity index (χ0n) is 14.8. The molecule has 0 bridgehead atoms. The number of aromatic nitrogens is 2. The summed E-state index contributed by atoms with van der Waals surface area (Å²) >= 11 is 0. The average Bonchev–Trinajstić information content (AvgIpc) is 2.81. The SMILES string of the molecule is Cc1nn(C)c(C)c1/C=C/C(=O)O[C@H](C)C(=O)Nc1ccc(F)c(F)c1. The normalized spacial score (nSPS) is 12.2. The molecule has 0 saturated carbocycles. The molecule has 0 spiro atoms. The molecule has 0 aliphatic heterocycles. The number of carbonyl (C=O) groups excluding carboxylic acids is 2. The van der Waals surface area contributed by atoms with Crippen molar-refractivity contribution in [2.75, 3.05) is 5.32 Å². The van der Waals surface area contributed by atoms with Gasteiger partial charge in [0.25, 0.3) is 5.91 Å². The molecule has 0 aliphatic rings. The number of nitrogens with zero attached hydrogens (tertiary/aromatic N) is 2. The molecule has 2 rings (SSSR count). The van der Waals surface area contributed by atoms with Gasteiger partial charge in [0.05, 0.1) is 5.69 Å². The van der Waals surface area contributed by atoms with Gasteiger partial charge >= 0.3 is 5.97 Å². The van der Waals surface area contributed by atoms with Crippen LogP contribution >= 0.6 is 0 Å². The fraction of sp³-hybridized carbons (Fsp3) is 0.278. The summed E-state index contributed by atoms with van der Waals surface area (Å²) < 4.78 is 32.7. The van der Waals surface area contributed by atoms with Crippen LogP contribution in [0.4, 0.5) is 14.5 Å². The van der Waals surface area contributed by atoms with Gasteiger partial charge < -0.3 is 10.1 Å². The first-order valence-corrected chi connectivity index (χ1v) is 7.84. The Hall–Kier alpha value is -3.03. The fourth-order valence-corrected chi connectivity index (χ4v) is 2.27. The largest absolute Gasteiger partial charge is 0.449 e. The second-order valence-electron chi connectivity index (χ2n) is 5.74. The third-order valence-corrected chi connectivity index (χ3v) is 3.80. The predicted molar refractivity (Wildman–Crippen MR) is 92.3 cm³/mol. The number of anilines is 1. The Kier molecular flexibility index (Phi) is 5.86. The zero-order chi connectivity index (χ0) is 19.4. The third-order valence-electron chi connectivity index (χ3n) is 3.80. The Morgan fingerprint density at radius 2 is 1.96 bits per heavy atom. The number of aryl methyl sites for hydroxylation is 2. The van der Waals surface area contributed by atoms with Crippen molar-refractivity contribution in [1.29, 1.82) is 0 Å². The Bertz CT molecular complexity index is 875. The summed E-state index contributed by atoms with van der Waals surface area (Å²) in [5.74, 6) is -3.47. The van der Waals surface area contributed by atoms with Gasteiger partial charge in [0.2, 0.25) is 0 Å². The van der Waals surface area contributed by atoms with Crippen LogP contribution in [0.25, 0.3) is 6.08 Å². The van der Waals surface area contributed by atoms with Gasteiger partial charge in [0.1, 0.15) is 0 Å². The topological polar surface area (TPSA) is 73.2 Å². The van der Waals surface area contributed by atoms with Crippen LogP contribution in [0.2, 0.25) is 0 Å². The van der Waals surface area contributed by atoms with E-state index in [0.717, 1.165) is 29.1 Å². The maximum atomic E-state index is 13.1. The summed E-state index contributed by atoms with van der Waals surface area (Å²) in [6, 6.07) is 2.94. The maximum Gasteiger partial charge on any atom is 0.331 e. The molecule has 0 radical (unpaired) electrons. The van der Waals surface area contributed by atoms with E-state index < -0.39 is 29.6 Å². The quantitative estimate of drug-likeness (QED) is 0.655. The van der Waals surface area contributed by atoms with Crippen LogP contribution in [0.3, 0.4) is 0 Å². The second kappa shape index (κ2) is 7.90. The van der Waals surface area contributed by atoms with Crippen molar-refractivity contribution in [3.8, 4) is 0 Å². The van der Waals surface area contributed by atoms with Crippen LogP contribution < -0.4 is 5.32 Å². The number of hydrogen-bond acceptors (Lipinski definition) is 4. The van der Waals surface area contributed by atoms with Gasteiger partial charge in [-0.15, -0.1) is 0 Å². The summed E-state index contributed by atoms with van der Waals surface area (Å²) in [4.78, 5) is 23.9. The molecule has 0 fully saturated rings. The minimum absolute atomic E-state index is 0.0638. The Balaban J connectivity index is 1.96. The number of rotatable bonds is 5. The molecule has 26 heavy (non-hydrogen) atoms. The van der Waals surface area contributed by atoms with Crippen LogP contribution in [0, 0.1) is 25.5 Å². The number of nitrogens with one attached hydrogen (secondary N) is 1. The zero-order valence-corrected chi connectivity index (χ0v) is 14.8. The van der Waals surface area contributed by atoms with Gasteiger partial charge in [0.15, 0.2) is 17.7 Å². The van der Waals surface area contributed by atoms with Crippen LogP contribution in [0.1, 0.15) is 23.9 Å². The van der Waals surface area contributed by atoms with E-state index >= 15 is 0 Å². The second-order valence-corrected chi connectivity index (χ2v) is 5.74. The molecular weight excluding hydrogens is 344 g/mol. The van der Waals surface area contributed by atoms with Crippen LogP contribution in [-0.4, -0.2) is 27.8 Å². The highest BCUT2D eigenvalue weighted by atomic mass is 19.2. The molecule has 1 aromatic carbocycles. The molecule has 2 aromatic rings. The lowest BCUT2D eigenvalue weighted by Gasteiger charge is -2.12. The fourth-order valence-electron chi connectivity index (χ4n) is 2.27.